The highest BCUT2D eigenvalue weighted by molar-refractivity contribution is 7.87. The van der Waals surface area contributed by atoms with Gasteiger partial charge in [0, 0.05) is 12.6 Å². The van der Waals surface area contributed by atoms with Crippen LogP contribution >= 0.6 is 0 Å². The lowest BCUT2D eigenvalue weighted by Crippen LogP contribution is -2.28. The number of likely N-dealkylation sites (tertiary alicyclic amines) is 1. The van der Waals surface area contributed by atoms with Crippen LogP contribution in [0.1, 0.15) is 25.3 Å². The fraction of sp³-hybridized carbons (Fsp3) is 0.350. The molecule has 0 spiro atoms. The molecule has 2 aromatic rings. The van der Waals surface area contributed by atoms with Gasteiger partial charge in [0.05, 0.1) is 0 Å². The number of carbonyl (C=O) groups excluding carboxylic acids is 1. The van der Waals surface area contributed by atoms with Crippen LogP contribution in [0.5, 0.6) is 0 Å². The maximum Gasteiger partial charge on any atom is 0.420 e. The standard InChI is InChI=1S/C20H24N2O4S/c1-15-3-2-13-22(15)14-12-16-4-6-17(7-5-16)18-8-10-19(11-9-18)27(24,25)26-20(21)23/h4-11,15H,2-3,12-14H2,1H3,(H2,21,23). The molecular weight excluding hydrogens is 364 g/mol. The van der Waals surface area contributed by atoms with E-state index < -0.39 is 16.2 Å². The predicted molar refractivity (Wildman–Crippen MR) is 104 cm³/mol. The van der Waals surface area contributed by atoms with Gasteiger partial charge in [0.25, 0.3) is 0 Å². The van der Waals surface area contributed by atoms with E-state index in [2.05, 4.69) is 28.1 Å². The highest BCUT2D eigenvalue weighted by atomic mass is 32.2. The van der Waals surface area contributed by atoms with Crippen molar-refractivity contribution in [3.05, 3.63) is 54.1 Å². The second kappa shape index (κ2) is 8.10. The molecule has 0 radical (unpaired) electrons. The first-order valence-corrected chi connectivity index (χ1v) is 10.4. The Hall–Kier alpha value is -2.38. The summed E-state index contributed by atoms with van der Waals surface area (Å²) in [6, 6.07) is 15.1. The van der Waals surface area contributed by atoms with Gasteiger partial charge in [-0.2, -0.15) is 8.42 Å². The second-order valence-corrected chi connectivity index (χ2v) is 8.40. The van der Waals surface area contributed by atoms with Crippen molar-refractivity contribution in [2.24, 2.45) is 5.73 Å². The molecule has 1 fully saturated rings. The first kappa shape index (κ1) is 19.4. The number of carbonyl (C=O) groups is 1. The Morgan fingerprint density at radius 1 is 1.11 bits per heavy atom. The molecule has 1 saturated heterocycles. The van der Waals surface area contributed by atoms with Gasteiger partial charge in [-0.25, -0.2) is 4.79 Å². The van der Waals surface area contributed by atoms with E-state index in [1.165, 1.54) is 37.1 Å². The highest BCUT2D eigenvalue weighted by Crippen LogP contribution is 2.23. The summed E-state index contributed by atoms with van der Waals surface area (Å²) in [7, 11) is -4.16. The van der Waals surface area contributed by atoms with E-state index >= 15 is 0 Å². The minimum Gasteiger partial charge on any atom is -0.334 e. The molecule has 0 bridgehead atoms. The van der Waals surface area contributed by atoms with E-state index in [0.29, 0.717) is 6.04 Å². The van der Waals surface area contributed by atoms with Crippen LogP contribution in [0.25, 0.3) is 11.1 Å². The number of rotatable bonds is 6. The number of nitrogens with zero attached hydrogens (tertiary/aromatic N) is 1. The van der Waals surface area contributed by atoms with Crippen LogP contribution in [0.2, 0.25) is 0 Å². The second-order valence-electron chi connectivity index (χ2n) is 6.86. The van der Waals surface area contributed by atoms with Gasteiger partial charge in [0.15, 0.2) is 0 Å². The van der Waals surface area contributed by atoms with E-state index in [-0.39, 0.29) is 4.90 Å². The summed E-state index contributed by atoms with van der Waals surface area (Å²) in [5.74, 6) is 0. The molecule has 144 valence electrons. The zero-order valence-electron chi connectivity index (χ0n) is 15.3. The summed E-state index contributed by atoms with van der Waals surface area (Å²) >= 11 is 0. The Balaban J connectivity index is 1.65. The van der Waals surface area contributed by atoms with Crippen molar-refractivity contribution < 1.29 is 17.4 Å². The smallest absolute Gasteiger partial charge is 0.334 e. The molecule has 3 rings (SSSR count). The molecule has 27 heavy (non-hydrogen) atoms. The summed E-state index contributed by atoms with van der Waals surface area (Å²) in [5.41, 5.74) is 7.94. The van der Waals surface area contributed by atoms with E-state index in [0.717, 1.165) is 24.1 Å². The molecule has 0 saturated carbocycles. The maximum absolute atomic E-state index is 11.8. The number of benzene rings is 2. The Labute approximate surface area is 160 Å². The molecule has 1 atom stereocenters. The van der Waals surface area contributed by atoms with Gasteiger partial charge in [-0.05, 0) is 61.6 Å². The number of nitrogens with two attached hydrogens (primary N) is 1. The molecule has 1 unspecified atom stereocenters. The van der Waals surface area contributed by atoms with Gasteiger partial charge in [-0.15, -0.1) is 0 Å². The van der Waals surface area contributed by atoms with Crippen LogP contribution in [0.15, 0.2) is 53.4 Å². The maximum atomic E-state index is 11.8. The third kappa shape index (κ3) is 4.87. The average molecular weight is 388 g/mol. The summed E-state index contributed by atoms with van der Waals surface area (Å²) in [6.07, 6.45) is 2.25. The number of hydrogen-bond acceptors (Lipinski definition) is 5. The van der Waals surface area contributed by atoms with Crippen molar-refractivity contribution in [2.45, 2.75) is 37.1 Å². The van der Waals surface area contributed by atoms with Crippen molar-refractivity contribution in [1.29, 1.82) is 0 Å². The van der Waals surface area contributed by atoms with Crippen molar-refractivity contribution in [1.82, 2.24) is 4.90 Å². The Morgan fingerprint density at radius 2 is 1.70 bits per heavy atom. The summed E-state index contributed by atoms with van der Waals surface area (Å²) in [4.78, 5) is 13.1. The lowest BCUT2D eigenvalue weighted by molar-refractivity contribution is 0.212. The Morgan fingerprint density at radius 3 is 2.22 bits per heavy atom. The van der Waals surface area contributed by atoms with E-state index in [1.54, 1.807) is 12.1 Å². The van der Waals surface area contributed by atoms with Crippen LogP contribution in [0.3, 0.4) is 0 Å². The number of amides is 1. The molecule has 1 aliphatic rings. The molecule has 0 aliphatic carbocycles. The van der Waals surface area contributed by atoms with Crippen LogP contribution < -0.4 is 5.73 Å². The first-order valence-electron chi connectivity index (χ1n) is 9.02. The largest absolute Gasteiger partial charge is 0.420 e. The van der Waals surface area contributed by atoms with Crippen molar-refractivity contribution in [3.8, 4) is 11.1 Å². The van der Waals surface area contributed by atoms with E-state index in [9.17, 15) is 13.2 Å². The fourth-order valence-corrected chi connectivity index (χ4v) is 4.21. The summed E-state index contributed by atoms with van der Waals surface area (Å²) in [6.45, 7) is 4.55. The molecule has 1 amide bonds. The summed E-state index contributed by atoms with van der Waals surface area (Å²) in [5, 5.41) is 0. The highest BCUT2D eigenvalue weighted by Gasteiger charge is 2.20. The normalized spacial score (nSPS) is 17.7. The van der Waals surface area contributed by atoms with E-state index in [1.807, 2.05) is 12.1 Å². The van der Waals surface area contributed by atoms with Gasteiger partial charge < -0.3 is 14.8 Å². The van der Waals surface area contributed by atoms with Crippen LogP contribution in [-0.2, 0) is 20.7 Å². The number of primary amides is 1. The van der Waals surface area contributed by atoms with Gasteiger partial charge in [-0.3, -0.25) is 0 Å². The molecule has 2 aromatic carbocycles. The van der Waals surface area contributed by atoms with Gasteiger partial charge in [0.1, 0.15) is 4.90 Å². The zero-order valence-corrected chi connectivity index (χ0v) is 16.1. The van der Waals surface area contributed by atoms with E-state index in [4.69, 9.17) is 5.73 Å². The van der Waals surface area contributed by atoms with Crippen LogP contribution in [0.4, 0.5) is 4.79 Å². The third-order valence-corrected chi connectivity index (χ3v) is 6.23. The van der Waals surface area contributed by atoms with Gasteiger partial charge >= 0.3 is 16.2 Å². The lowest BCUT2D eigenvalue weighted by atomic mass is 10.0. The van der Waals surface area contributed by atoms with Crippen molar-refractivity contribution >= 4 is 16.2 Å². The van der Waals surface area contributed by atoms with Gasteiger partial charge in [-0.1, -0.05) is 36.4 Å². The zero-order chi connectivity index (χ0) is 19.4. The third-order valence-electron chi connectivity index (χ3n) is 5.00. The lowest BCUT2D eigenvalue weighted by Gasteiger charge is -2.20. The summed E-state index contributed by atoms with van der Waals surface area (Å²) < 4.78 is 27.8. The minimum atomic E-state index is -4.16. The first-order chi connectivity index (χ1) is 12.8. The van der Waals surface area contributed by atoms with Crippen molar-refractivity contribution in [3.63, 3.8) is 0 Å². The molecule has 1 aliphatic heterocycles. The van der Waals surface area contributed by atoms with Crippen molar-refractivity contribution in [2.75, 3.05) is 13.1 Å². The predicted octanol–water partition coefficient (Wildman–Crippen LogP) is 3.16. The Kier molecular flexibility index (Phi) is 5.82. The molecule has 0 aromatic heterocycles. The SMILES string of the molecule is CC1CCCN1CCc1ccc(-c2ccc(S(=O)(=O)OC(N)=O)cc2)cc1. The molecule has 1 heterocycles. The average Bonchev–Trinajstić information content (AvgIpc) is 3.04. The molecule has 7 heteroatoms. The van der Waals surface area contributed by atoms with Crippen LogP contribution in [0, 0.1) is 0 Å². The Bertz CT molecular complexity index is 893. The topological polar surface area (TPSA) is 89.7 Å². The van der Waals surface area contributed by atoms with Gasteiger partial charge in [0.2, 0.25) is 0 Å². The minimum absolute atomic E-state index is 0.110. The molecule has 6 nitrogen and oxygen atoms in total. The quantitative estimate of drug-likeness (QED) is 0.768. The monoisotopic (exact) mass is 388 g/mol. The molecule has 2 N–H and O–H groups in total. The number of hydrogen-bond donors (Lipinski definition) is 1. The van der Waals surface area contributed by atoms with Crippen LogP contribution in [-0.4, -0.2) is 38.5 Å². The molecular formula is C20H24N2O4S. The fourth-order valence-electron chi connectivity index (χ4n) is 3.43.